The van der Waals surface area contributed by atoms with Gasteiger partial charge in [-0.25, -0.2) is 0 Å². The Hall–Kier alpha value is -4.06. The van der Waals surface area contributed by atoms with Gasteiger partial charge in [-0.3, -0.25) is 0 Å². The predicted octanol–water partition coefficient (Wildman–Crippen LogP) is 13.9. The first-order valence-corrected chi connectivity index (χ1v) is 20.7. The third-order valence-electron chi connectivity index (χ3n) is 10.7. The fourth-order valence-corrected chi connectivity index (χ4v) is 7.46. The molecule has 0 saturated carbocycles. The molecule has 0 bridgehead atoms. The summed E-state index contributed by atoms with van der Waals surface area (Å²) < 4.78 is 36.2. The number of fused-ring (bicyclic) bond motifs is 1. The smallest absolute Gasteiger partial charge is 0.164 e. The molecule has 0 atom stereocenters. The first kappa shape index (κ1) is 42.7. The molecule has 6 nitrogen and oxygen atoms in total. The Morgan fingerprint density at radius 2 is 0.722 bits per heavy atom. The minimum Gasteiger partial charge on any atom is -0.493 e. The van der Waals surface area contributed by atoms with Gasteiger partial charge >= 0.3 is 0 Å². The molecule has 0 aliphatic carbocycles. The van der Waals surface area contributed by atoms with Gasteiger partial charge in [-0.1, -0.05) is 116 Å². The van der Waals surface area contributed by atoms with Gasteiger partial charge in [-0.05, 0) is 96.1 Å². The van der Waals surface area contributed by atoms with E-state index in [2.05, 4.69) is 52.0 Å². The largest absolute Gasteiger partial charge is 0.493 e. The van der Waals surface area contributed by atoms with Crippen molar-refractivity contribution in [2.24, 2.45) is 0 Å². The highest BCUT2D eigenvalue weighted by molar-refractivity contribution is 6.02. The fraction of sp³-hybridized carbons (Fsp3) is 0.542. The number of rotatable bonds is 26. The van der Waals surface area contributed by atoms with Gasteiger partial charge < -0.3 is 28.4 Å². The molecule has 0 fully saturated rings. The topological polar surface area (TPSA) is 55.4 Å². The van der Waals surface area contributed by atoms with E-state index in [1.807, 2.05) is 24.3 Å². The Bertz CT molecular complexity index is 1600. The summed E-state index contributed by atoms with van der Waals surface area (Å²) in [5, 5.41) is 2.29. The second-order valence-corrected chi connectivity index (χ2v) is 14.6. The number of methoxy groups -OCH3 is 4. The third-order valence-corrected chi connectivity index (χ3v) is 10.7. The number of hydrogen-bond acceptors (Lipinski definition) is 6. The Morgan fingerprint density at radius 1 is 0.389 bits per heavy atom. The molecule has 0 N–H and O–H groups in total. The van der Waals surface area contributed by atoms with Crippen LogP contribution in [0.4, 0.5) is 0 Å². The molecule has 4 rings (SSSR count). The van der Waals surface area contributed by atoms with Crippen LogP contribution >= 0.6 is 0 Å². The van der Waals surface area contributed by atoms with Crippen LogP contribution in [0.25, 0.3) is 33.0 Å². The quantitative estimate of drug-likeness (QED) is 0.0598. The van der Waals surface area contributed by atoms with E-state index in [-0.39, 0.29) is 0 Å². The van der Waals surface area contributed by atoms with Crippen molar-refractivity contribution in [1.29, 1.82) is 0 Å². The minimum atomic E-state index is 0.681. The lowest BCUT2D eigenvalue weighted by molar-refractivity contribution is 0.256. The van der Waals surface area contributed by atoms with Gasteiger partial charge in [0.2, 0.25) is 0 Å². The van der Waals surface area contributed by atoms with Crippen LogP contribution in [0.15, 0.2) is 48.5 Å². The van der Waals surface area contributed by atoms with Gasteiger partial charge in [-0.2, -0.15) is 0 Å². The molecule has 4 aromatic rings. The summed E-state index contributed by atoms with van der Waals surface area (Å²) in [6.07, 6.45) is 20.2. The minimum absolute atomic E-state index is 0.681. The summed E-state index contributed by atoms with van der Waals surface area (Å²) in [6, 6.07) is 16.8. The number of aryl methyl sites for hydroxylation is 2. The molecular formula is C48H68O6. The highest BCUT2D eigenvalue weighted by Crippen LogP contribution is 2.47. The molecule has 0 radical (unpaired) electrons. The third kappa shape index (κ3) is 11.5. The van der Waals surface area contributed by atoms with E-state index >= 15 is 0 Å². The summed E-state index contributed by atoms with van der Waals surface area (Å²) in [5.74, 6) is 4.49. The summed E-state index contributed by atoms with van der Waals surface area (Å²) in [6.45, 7) is 10.3. The molecule has 0 saturated heterocycles. The van der Waals surface area contributed by atoms with Crippen LogP contribution in [0, 0.1) is 13.8 Å². The van der Waals surface area contributed by atoms with E-state index in [9.17, 15) is 0 Å². The zero-order chi connectivity index (χ0) is 38.7. The average Bonchev–Trinajstić information content (AvgIpc) is 3.20. The molecule has 6 heteroatoms. The van der Waals surface area contributed by atoms with Crippen molar-refractivity contribution in [3.8, 4) is 56.8 Å². The van der Waals surface area contributed by atoms with Gasteiger partial charge in [0.05, 0.1) is 41.7 Å². The van der Waals surface area contributed by atoms with Crippen molar-refractivity contribution in [3.63, 3.8) is 0 Å². The van der Waals surface area contributed by atoms with Gasteiger partial charge in [0.15, 0.2) is 34.5 Å². The monoisotopic (exact) mass is 741 g/mol. The van der Waals surface area contributed by atoms with E-state index < -0.39 is 0 Å². The molecule has 54 heavy (non-hydrogen) atoms. The summed E-state index contributed by atoms with van der Waals surface area (Å²) in [7, 11) is 6.68. The standard InChI is InChI=1S/C48H68O6/c1-9-11-13-15-17-19-21-23-29-53-47-35(3)39-33-41(37-25-27-43(49-5)45(31-37)51-7)42(38-26-28-44(50-6)46(32-38)52-8)34-40(39)36(4)48(47)54-30-24-22-20-18-16-14-12-10-2/h25-28,31-34H,9-24,29-30H2,1-8H3. The van der Waals surface area contributed by atoms with Crippen LogP contribution in [-0.2, 0) is 0 Å². The maximum atomic E-state index is 6.73. The normalized spacial score (nSPS) is 11.2. The van der Waals surface area contributed by atoms with Crippen LogP contribution < -0.4 is 28.4 Å². The Morgan fingerprint density at radius 3 is 1.06 bits per heavy atom. The van der Waals surface area contributed by atoms with Gasteiger partial charge in [0.1, 0.15) is 0 Å². The van der Waals surface area contributed by atoms with Crippen LogP contribution in [-0.4, -0.2) is 41.7 Å². The highest BCUT2D eigenvalue weighted by atomic mass is 16.5. The molecule has 0 spiro atoms. The maximum absolute atomic E-state index is 6.73. The number of benzene rings is 4. The average molecular weight is 741 g/mol. The van der Waals surface area contributed by atoms with E-state index in [0.717, 1.165) is 68.5 Å². The molecule has 0 amide bonds. The first-order valence-electron chi connectivity index (χ1n) is 20.7. The summed E-state index contributed by atoms with van der Waals surface area (Å²) >= 11 is 0. The van der Waals surface area contributed by atoms with Crippen LogP contribution in [0.2, 0.25) is 0 Å². The van der Waals surface area contributed by atoms with E-state index in [1.54, 1.807) is 28.4 Å². The van der Waals surface area contributed by atoms with Crippen molar-refractivity contribution < 1.29 is 28.4 Å². The van der Waals surface area contributed by atoms with Crippen molar-refractivity contribution in [1.82, 2.24) is 0 Å². The number of hydrogen-bond donors (Lipinski definition) is 0. The molecule has 0 unspecified atom stereocenters. The van der Waals surface area contributed by atoms with E-state index in [0.29, 0.717) is 36.2 Å². The summed E-state index contributed by atoms with van der Waals surface area (Å²) in [5.41, 5.74) is 6.38. The van der Waals surface area contributed by atoms with Gasteiger partial charge in [-0.15, -0.1) is 0 Å². The van der Waals surface area contributed by atoms with Gasteiger partial charge in [0.25, 0.3) is 0 Å². The second-order valence-electron chi connectivity index (χ2n) is 14.6. The lowest BCUT2D eigenvalue weighted by Crippen LogP contribution is -2.07. The second kappa shape index (κ2) is 23.0. The maximum Gasteiger partial charge on any atom is 0.164 e. The lowest BCUT2D eigenvalue weighted by Gasteiger charge is -2.22. The number of unbranched alkanes of at least 4 members (excludes halogenated alkanes) is 14. The predicted molar refractivity (Wildman–Crippen MR) is 227 cm³/mol. The molecule has 296 valence electrons. The van der Waals surface area contributed by atoms with Crippen LogP contribution in [0.5, 0.6) is 34.5 Å². The van der Waals surface area contributed by atoms with Crippen molar-refractivity contribution >= 4 is 10.8 Å². The Labute approximate surface area is 326 Å². The van der Waals surface area contributed by atoms with E-state index in [1.165, 1.54) is 89.9 Å². The van der Waals surface area contributed by atoms with E-state index in [4.69, 9.17) is 28.4 Å². The van der Waals surface area contributed by atoms with Crippen molar-refractivity contribution in [3.05, 3.63) is 59.7 Å². The molecule has 0 aliphatic rings. The molecular weight excluding hydrogens is 673 g/mol. The van der Waals surface area contributed by atoms with Crippen LogP contribution in [0.1, 0.15) is 128 Å². The molecule has 0 aliphatic heterocycles. The van der Waals surface area contributed by atoms with Crippen molar-refractivity contribution in [2.45, 2.75) is 130 Å². The fourth-order valence-electron chi connectivity index (χ4n) is 7.46. The Kier molecular flexibility index (Phi) is 18.2. The number of ether oxygens (including phenoxy) is 6. The summed E-state index contributed by atoms with van der Waals surface area (Å²) in [4.78, 5) is 0. The lowest BCUT2D eigenvalue weighted by atomic mass is 9.88. The Balaban J connectivity index is 1.75. The molecule has 0 aromatic heterocycles. The highest BCUT2D eigenvalue weighted by Gasteiger charge is 2.22. The molecule has 0 heterocycles. The SMILES string of the molecule is CCCCCCCCCCOc1c(OCCCCCCCCCC)c(C)c2cc(-c3ccc(OC)c(OC)c3)c(-c3ccc(OC)c(OC)c3)cc2c1C. The zero-order valence-electron chi connectivity index (χ0n) is 34.8. The first-order chi connectivity index (χ1) is 26.4. The van der Waals surface area contributed by atoms with Crippen LogP contribution in [0.3, 0.4) is 0 Å². The molecule has 4 aromatic carbocycles. The van der Waals surface area contributed by atoms with Crippen molar-refractivity contribution in [2.75, 3.05) is 41.7 Å². The zero-order valence-corrected chi connectivity index (χ0v) is 34.8. The van der Waals surface area contributed by atoms with Gasteiger partial charge in [0, 0.05) is 11.1 Å².